The molecule has 96 valence electrons. The number of hydrogen-bond acceptors (Lipinski definition) is 3. The maximum absolute atomic E-state index is 13.1. The lowest BCUT2D eigenvalue weighted by Crippen LogP contribution is -2.03. The van der Waals surface area contributed by atoms with E-state index in [9.17, 15) is 14.0 Å². The highest BCUT2D eigenvalue weighted by atomic mass is 19.1. The smallest absolute Gasteiger partial charge is 0.336 e. The Morgan fingerprint density at radius 2 is 1.79 bits per heavy atom. The number of carboxylic acids is 2. The number of carboxylic acid groups (broad SMARTS) is 2. The third-order valence-corrected chi connectivity index (χ3v) is 2.51. The van der Waals surface area contributed by atoms with Gasteiger partial charge in [-0.3, -0.25) is 4.98 Å². The zero-order chi connectivity index (χ0) is 14.0. The minimum absolute atomic E-state index is 0.0794. The SMILES string of the molecule is O=C(O)c1ccc(C(=O)O)c(-c2cncc(F)c2)c1. The molecular weight excluding hydrogens is 253 g/mol. The fourth-order valence-electron chi connectivity index (χ4n) is 1.66. The van der Waals surface area contributed by atoms with Gasteiger partial charge in [0.15, 0.2) is 0 Å². The molecule has 6 heteroatoms. The van der Waals surface area contributed by atoms with Gasteiger partial charge in [0.25, 0.3) is 0 Å². The third kappa shape index (κ3) is 2.57. The highest BCUT2D eigenvalue weighted by Crippen LogP contribution is 2.25. The summed E-state index contributed by atoms with van der Waals surface area (Å²) in [6.07, 6.45) is 2.25. The fraction of sp³-hybridized carbons (Fsp3) is 0. The van der Waals surface area contributed by atoms with Crippen LogP contribution in [0, 0.1) is 5.82 Å². The monoisotopic (exact) mass is 261 g/mol. The Morgan fingerprint density at radius 3 is 2.37 bits per heavy atom. The second kappa shape index (κ2) is 4.85. The van der Waals surface area contributed by atoms with Gasteiger partial charge in [-0.25, -0.2) is 14.0 Å². The van der Waals surface area contributed by atoms with Crippen LogP contribution in [-0.2, 0) is 0 Å². The van der Waals surface area contributed by atoms with E-state index in [2.05, 4.69) is 4.98 Å². The zero-order valence-corrected chi connectivity index (χ0v) is 9.50. The molecule has 0 bridgehead atoms. The molecule has 2 aromatic rings. The van der Waals surface area contributed by atoms with Crippen molar-refractivity contribution in [2.75, 3.05) is 0 Å². The normalized spacial score (nSPS) is 10.2. The van der Waals surface area contributed by atoms with Crippen molar-refractivity contribution in [1.82, 2.24) is 4.98 Å². The maximum Gasteiger partial charge on any atom is 0.336 e. The molecule has 0 radical (unpaired) electrons. The number of aromatic nitrogens is 1. The molecule has 0 spiro atoms. The fourth-order valence-corrected chi connectivity index (χ4v) is 1.66. The van der Waals surface area contributed by atoms with E-state index in [-0.39, 0.29) is 22.3 Å². The minimum atomic E-state index is -1.23. The number of nitrogens with zero attached hydrogens (tertiary/aromatic N) is 1. The van der Waals surface area contributed by atoms with E-state index in [1.807, 2.05) is 0 Å². The molecule has 0 fully saturated rings. The van der Waals surface area contributed by atoms with Crippen LogP contribution in [0.2, 0.25) is 0 Å². The average Bonchev–Trinajstić information content (AvgIpc) is 2.37. The molecule has 19 heavy (non-hydrogen) atoms. The van der Waals surface area contributed by atoms with Gasteiger partial charge in [-0.15, -0.1) is 0 Å². The molecule has 0 aliphatic rings. The standard InChI is InChI=1S/C13H8FNO4/c14-9-3-8(5-15-6-9)11-4-7(12(16)17)1-2-10(11)13(18)19/h1-6H,(H,16,17)(H,18,19). The number of pyridine rings is 1. The first kappa shape index (κ1) is 12.7. The minimum Gasteiger partial charge on any atom is -0.478 e. The number of carbonyl (C=O) groups is 2. The van der Waals surface area contributed by atoms with Crippen molar-refractivity contribution in [3.63, 3.8) is 0 Å². The van der Waals surface area contributed by atoms with Gasteiger partial charge in [-0.05, 0) is 29.8 Å². The van der Waals surface area contributed by atoms with E-state index in [0.717, 1.165) is 12.3 Å². The van der Waals surface area contributed by atoms with Crippen LogP contribution in [0.15, 0.2) is 36.7 Å². The van der Waals surface area contributed by atoms with Gasteiger partial charge in [0.2, 0.25) is 0 Å². The van der Waals surface area contributed by atoms with E-state index < -0.39 is 17.8 Å². The van der Waals surface area contributed by atoms with Crippen LogP contribution in [0.3, 0.4) is 0 Å². The van der Waals surface area contributed by atoms with Crippen LogP contribution < -0.4 is 0 Å². The Hall–Kier alpha value is -2.76. The average molecular weight is 261 g/mol. The molecule has 2 rings (SSSR count). The first-order valence-corrected chi connectivity index (χ1v) is 5.20. The number of halogens is 1. The van der Waals surface area contributed by atoms with Crippen molar-refractivity contribution in [3.05, 3.63) is 53.6 Å². The predicted molar refractivity (Wildman–Crippen MR) is 63.5 cm³/mol. The summed E-state index contributed by atoms with van der Waals surface area (Å²) in [5, 5.41) is 18.0. The molecule has 1 aromatic carbocycles. The van der Waals surface area contributed by atoms with Crippen LogP contribution in [0.25, 0.3) is 11.1 Å². The topological polar surface area (TPSA) is 87.5 Å². The van der Waals surface area contributed by atoms with Crippen molar-refractivity contribution in [1.29, 1.82) is 0 Å². The van der Waals surface area contributed by atoms with E-state index in [4.69, 9.17) is 10.2 Å². The molecule has 0 amide bonds. The van der Waals surface area contributed by atoms with Gasteiger partial charge in [-0.1, -0.05) is 0 Å². The van der Waals surface area contributed by atoms with Gasteiger partial charge in [0.05, 0.1) is 17.3 Å². The number of aromatic carboxylic acids is 2. The molecule has 5 nitrogen and oxygen atoms in total. The highest BCUT2D eigenvalue weighted by molar-refractivity contribution is 5.99. The van der Waals surface area contributed by atoms with Crippen LogP contribution in [0.1, 0.15) is 20.7 Å². The number of rotatable bonds is 3. The second-order valence-corrected chi connectivity index (χ2v) is 3.76. The van der Waals surface area contributed by atoms with Crippen molar-refractivity contribution >= 4 is 11.9 Å². The molecule has 1 heterocycles. The van der Waals surface area contributed by atoms with Crippen molar-refractivity contribution in [2.24, 2.45) is 0 Å². The van der Waals surface area contributed by atoms with Crippen LogP contribution in [0.5, 0.6) is 0 Å². The summed E-state index contributed by atoms with van der Waals surface area (Å²) in [6.45, 7) is 0. The van der Waals surface area contributed by atoms with Crippen molar-refractivity contribution in [3.8, 4) is 11.1 Å². The third-order valence-electron chi connectivity index (χ3n) is 2.51. The van der Waals surface area contributed by atoms with Crippen molar-refractivity contribution in [2.45, 2.75) is 0 Å². The Labute approximate surface area is 107 Å². The Balaban J connectivity index is 2.67. The predicted octanol–water partition coefficient (Wildman–Crippen LogP) is 2.28. The quantitative estimate of drug-likeness (QED) is 0.884. The summed E-state index contributed by atoms with van der Waals surface area (Å²) in [7, 11) is 0. The lowest BCUT2D eigenvalue weighted by Gasteiger charge is -2.07. The molecule has 0 atom stereocenters. The first-order valence-electron chi connectivity index (χ1n) is 5.20. The second-order valence-electron chi connectivity index (χ2n) is 3.76. The van der Waals surface area contributed by atoms with Gasteiger partial charge >= 0.3 is 11.9 Å². The van der Waals surface area contributed by atoms with E-state index in [1.165, 1.54) is 24.4 Å². The van der Waals surface area contributed by atoms with E-state index in [1.54, 1.807) is 0 Å². The highest BCUT2D eigenvalue weighted by Gasteiger charge is 2.15. The van der Waals surface area contributed by atoms with Crippen LogP contribution in [0.4, 0.5) is 4.39 Å². The molecular formula is C13H8FNO4. The van der Waals surface area contributed by atoms with E-state index >= 15 is 0 Å². The van der Waals surface area contributed by atoms with Crippen LogP contribution >= 0.6 is 0 Å². The molecule has 0 aliphatic heterocycles. The van der Waals surface area contributed by atoms with E-state index in [0.29, 0.717) is 0 Å². The largest absolute Gasteiger partial charge is 0.478 e. The van der Waals surface area contributed by atoms with Crippen molar-refractivity contribution < 1.29 is 24.2 Å². The van der Waals surface area contributed by atoms with Gasteiger partial charge in [0, 0.05) is 11.8 Å². The molecule has 0 saturated carbocycles. The Bertz CT molecular complexity index is 669. The molecule has 0 unspecified atom stereocenters. The summed E-state index contributed by atoms with van der Waals surface area (Å²) >= 11 is 0. The zero-order valence-electron chi connectivity index (χ0n) is 9.50. The van der Waals surface area contributed by atoms with Crippen LogP contribution in [-0.4, -0.2) is 27.1 Å². The summed E-state index contributed by atoms with van der Waals surface area (Å²) in [5.41, 5.74) is 0.126. The Morgan fingerprint density at radius 1 is 1.05 bits per heavy atom. The maximum atomic E-state index is 13.1. The van der Waals surface area contributed by atoms with Gasteiger partial charge in [0.1, 0.15) is 5.82 Å². The lowest BCUT2D eigenvalue weighted by molar-refractivity contribution is 0.0682. The summed E-state index contributed by atoms with van der Waals surface area (Å²) in [5.74, 6) is -3.05. The summed E-state index contributed by atoms with van der Waals surface area (Å²) in [4.78, 5) is 25.6. The lowest BCUT2D eigenvalue weighted by atomic mass is 9.98. The Kier molecular flexibility index (Phi) is 3.24. The molecule has 1 aromatic heterocycles. The molecule has 0 aliphatic carbocycles. The molecule has 0 saturated heterocycles. The summed E-state index contributed by atoms with van der Waals surface area (Å²) < 4.78 is 13.1. The van der Waals surface area contributed by atoms with Gasteiger partial charge in [-0.2, -0.15) is 0 Å². The van der Waals surface area contributed by atoms with Gasteiger partial charge < -0.3 is 10.2 Å². The first-order chi connectivity index (χ1) is 8.99. The summed E-state index contributed by atoms with van der Waals surface area (Å²) in [6, 6.07) is 4.64. The number of hydrogen-bond donors (Lipinski definition) is 2. The molecule has 2 N–H and O–H groups in total. The number of benzene rings is 1.